The second kappa shape index (κ2) is 7.46. The van der Waals surface area contributed by atoms with Crippen LogP contribution in [0, 0.1) is 0 Å². The van der Waals surface area contributed by atoms with Gasteiger partial charge in [0.2, 0.25) is 0 Å². The molecular formula is C16H18ClNO5. The Morgan fingerprint density at radius 1 is 1.30 bits per heavy atom. The molecule has 1 aromatic carbocycles. The molecule has 1 aromatic rings. The van der Waals surface area contributed by atoms with E-state index in [0.717, 1.165) is 25.7 Å². The Morgan fingerprint density at radius 2 is 1.96 bits per heavy atom. The van der Waals surface area contributed by atoms with Gasteiger partial charge in [-0.3, -0.25) is 14.4 Å². The van der Waals surface area contributed by atoms with Crippen molar-refractivity contribution in [2.45, 2.75) is 38.6 Å². The molecule has 1 fully saturated rings. The Balaban J connectivity index is 2.37. The summed E-state index contributed by atoms with van der Waals surface area (Å²) in [5.74, 6) is -2.20. The van der Waals surface area contributed by atoms with Crippen LogP contribution in [0.2, 0.25) is 5.02 Å². The number of hydrogen-bond acceptors (Lipinski definition) is 4. The minimum Gasteiger partial charge on any atom is -0.480 e. The van der Waals surface area contributed by atoms with E-state index in [1.54, 1.807) is 6.07 Å². The van der Waals surface area contributed by atoms with Crippen LogP contribution in [0.5, 0.6) is 5.75 Å². The highest BCUT2D eigenvalue weighted by molar-refractivity contribution is 6.32. The second-order valence-electron chi connectivity index (χ2n) is 5.48. The number of amides is 1. The van der Waals surface area contributed by atoms with Gasteiger partial charge in [0.1, 0.15) is 6.54 Å². The number of carbonyl (C=O) groups excluding carboxylic acids is 2. The van der Waals surface area contributed by atoms with Crippen LogP contribution in [-0.2, 0) is 9.59 Å². The number of carboxylic acid groups (broad SMARTS) is 1. The van der Waals surface area contributed by atoms with Gasteiger partial charge in [0.15, 0.2) is 5.75 Å². The van der Waals surface area contributed by atoms with E-state index in [1.165, 1.54) is 24.0 Å². The third kappa shape index (κ3) is 4.22. The zero-order valence-corrected chi connectivity index (χ0v) is 13.5. The number of halogens is 1. The van der Waals surface area contributed by atoms with E-state index >= 15 is 0 Å². The summed E-state index contributed by atoms with van der Waals surface area (Å²) in [5, 5.41) is 9.24. The van der Waals surface area contributed by atoms with Gasteiger partial charge in [-0.15, -0.1) is 0 Å². The molecule has 0 spiro atoms. The normalized spacial score (nSPS) is 14.5. The predicted molar refractivity (Wildman–Crippen MR) is 83.7 cm³/mol. The third-order valence-electron chi connectivity index (χ3n) is 3.78. The molecule has 0 heterocycles. The summed E-state index contributed by atoms with van der Waals surface area (Å²) in [4.78, 5) is 36.5. The van der Waals surface area contributed by atoms with Crippen molar-refractivity contribution in [1.29, 1.82) is 0 Å². The summed E-state index contributed by atoms with van der Waals surface area (Å²) in [6.45, 7) is 0.819. The first-order chi connectivity index (χ1) is 10.9. The van der Waals surface area contributed by atoms with Crippen molar-refractivity contribution in [3.05, 3.63) is 28.8 Å². The minimum absolute atomic E-state index is 0.0277. The molecule has 0 atom stereocenters. The Kier molecular flexibility index (Phi) is 5.60. The molecule has 0 radical (unpaired) electrons. The third-order valence-corrected chi connectivity index (χ3v) is 4.07. The maximum absolute atomic E-state index is 12.8. The van der Waals surface area contributed by atoms with E-state index in [-0.39, 0.29) is 22.4 Å². The quantitative estimate of drug-likeness (QED) is 0.658. The number of carbonyl (C=O) groups is 3. The van der Waals surface area contributed by atoms with E-state index in [2.05, 4.69) is 0 Å². The van der Waals surface area contributed by atoms with Crippen molar-refractivity contribution in [2.75, 3.05) is 6.54 Å². The zero-order valence-electron chi connectivity index (χ0n) is 12.8. The number of para-hydroxylation sites is 1. The van der Waals surface area contributed by atoms with Crippen molar-refractivity contribution in [3.63, 3.8) is 0 Å². The second-order valence-corrected chi connectivity index (χ2v) is 5.88. The topological polar surface area (TPSA) is 83.9 Å². The van der Waals surface area contributed by atoms with Crippen molar-refractivity contribution in [1.82, 2.24) is 4.90 Å². The summed E-state index contributed by atoms with van der Waals surface area (Å²) in [6, 6.07) is 4.43. The fourth-order valence-electron chi connectivity index (χ4n) is 2.81. The number of carboxylic acids is 1. The lowest BCUT2D eigenvalue weighted by Gasteiger charge is -2.28. The highest BCUT2D eigenvalue weighted by Crippen LogP contribution is 2.32. The van der Waals surface area contributed by atoms with Crippen LogP contribution < -0.4 is 4.74 Å². The maximum atomic E-state index is 12.8. The molecule has 1 aliphatic rings. The van der Waals surface area contributed by atoms with E-state index in [4.69, 9.17) is 21.4 Å². The molecule has 2 rings (SSSR count). The first-order valence-electron chi connectivity index (χ1n) is 7.40. The van der Waals surface area contributed by atoms with E-state index in [1.807, 2.05) is 0 Å². The van der Waals surface area contributed by atoms with Gasteiger partial charge in [-0.1, -0.05) is 30.5 Å². The Labute approximate surface area is 139 Å². The lowest BCUT2D eigenvalue weighted by atomic mass is 10.1. The molecule has 124 valence electrons. The number of hydrogen-bond donors (Lipinski definition) is 1. The van der Waals surface area contributed by atoms with Crippen LogP contribution in [0.15, 0.2) is 18.2 Å². The van der Waals surface area contributed by atoms with Crippen LogP contribution in [0.4, 0.5) is 0 Å². The highest BCUT2D eigenvalue weighted by Gasteiger charge is 2.31. The SMILES string of the molecule is CC(=O)Oc1c(Cl)cccc1C(=O)N(CC(=O)O)C1CCCC1. The largest absolute Gasteiger partial charge is 0.480 e. The standard InChI is InChI=1S/C16H18ClNO5/c1-10(19)23-15-12(7-4-8-13(15)17)16(22)18(9-14(20)21)11-5-2-3-6-11/h4,7-8,11H,2-3,5-6,9H2,1H3,(H,20,21). The molecule has 1 saturated carbocycles. The fourth-order valence-corrected chi connectivity index (χ4v) is 3.02. The van der Waals surface area contributed by atoms with Gasteiger partial charge in [0, 0.05) is 13.0 Å². The average molecular weight is 340 g/mol. The van der Waals surface area contributed by atoms with Gasteiger partial charge in [0.25, 0.3) is 5.91 Å². The number of rotatable bonds is 5. The molecule has 23 heavy (non-hydrogen) atoms. The Hall–Kier alpha value is -2.08. The number of aliphatic carboxylic acids is 1. The van der Waals surface area contributed by atoms with Gasteiger partial charge in [0.05, 0.1) is 10.6 Å². The number of nitrogens with zero attached hydrogens (tertiary/aromatic N) is 1. The monoisotopic (exact) mass is 339 g/mol. The fraction of sp³-hybridized carbons (Fsp3) is 0.438. The Bertz CT molecular complexity index is 625. The Morgan fingerprint density at radius 3 is 2.52 bits per heavy atom. The van der Waals surface area contributed by atoms with Crippen LogP contribution in [0.1, 0.15) is 43.0 Å². The summed E-state index contributed by atoms with van der Waals surface area (Å²) in [5.41, 5.74) is 0.0980. The molecule has 1 aliphatic carbocycles. The molecule has 0 unspecified atom stereocenters. The highest BCUT2D eigenvalue weighted by atomic mass is 35.5. The molecule has 6 nitrogen and oxygen atoms in total. The molecule has 0 saturated heterocycles. The molecule has 1 amide bonds. The van der Waals surface area contributed by atoms with Crippen LogP contribution >= 0.6 is 11.6 Å². The van der Waals surface area contributed by atoms with Gasteiger partial charge < -0.3 is 14.7 Å². The average Bonchev–Trinajstić information content (AvgIpc) is 2.99. The number of ether oxygens (including phenoxy) is 1. The first-order valence-corrected chi connectivity index (χ1v) is 7.77. The zero-order chi connectivity index (χ0) is 17.0. The molecule has 0 aromatic heterocycles. The van der Waals surface area contributed by atoms with Gasteiger partial charge >= 0.3 is 11.9 Å². The predicted octanol–water partition coefficient (Wildman–Crippen LogP) is 2.73. The van der Waals surface area contributed by atoms with E-state index < -0.39 is 24.4 Å². The van der Waals surface area contributed by atoms with Crippen molar-refractivity contribution >= 4 is 29.4 Å². The van der Waals surface area contributed by atoms with Crippen LogP contribution in [-0.4, -0.2) is 40.4 Å². The smallest absolute Gasteiger partial charge is 0.323 e. The summed E-state index contributed by atoms with van der Waals surface area (Å²) in [7, 11) is 0. The molecule has 0 bridgehead atoms. The molecule has 7 heteroatoms. The van der Waals surface area contributed by atoms with E-state index in [9.17, 15) is 14.4 Å². The van der Waals surface area contributed by atoms with Crippen molar-refractivity contribution in [2.24, 2.45) is 0 Å². The molecule has 0 aliphatic heterocycles. The van der Waals surface area contributed by atoms with Crippen LogP contribution in [0.25, 0.3) is 0 Å². The number of esters is 1. The van der Waals surface area contributed by atoms with Crippen molar-refractivity contribution in [3.8, 4) is 5.75 Å². The first kappa shape index (κ1) is 17.3. The molecular weight excluding hydrogens is 322 g/mol. The lowest BCUT2D eigenvalue weighted by molar-refractivity contribution is -0.138. The maximum Gasteiger partial charge on any atom is 0.323 e. The van der Waals surface area contributed by atoms with E-state index in [0.29, 0.717) is 0 Å². The van der Waals surface area contributed by atoms with Gasteiger partial charge in [-0.25, -0.2) is 0 Å². The summed E-state index contributed by atoms with van der Waals surface area (Å²) in [6.07, 6.45) is 3.45. The van der Waals surface area contributed by atoms with Crippen molar-refractivity contribution < 1.29 is 24.2 Å². The summed E-state index contributed by atoms with van der Waals surface area (Å²) >= 11 is 6.02. The molecule has 1 N–H and O–H groups in total. The van der Waals surface area contributed by atoms with Gasteiger partial charge in [-0.05, 0) is 25.0 Å². The van der Waals surface area contributed by atoms with Crippen LogP contribution in [0.3, 0.4) is 0 Å². The minimum atomic E-state index is -1.08. The summed E-state index contributed by atoms with van der Waals surface area (Å²) < 4.78 is 5.05. The lowest BCUT2D eigenvalue weighted by Crippen LogP contribution is -2.42. The number of benzene rings is 1. The van der Waals surface area contributed by atoms with Gasteiger partial charge in [-0.2, -0.15) is 0 Å².